The van der Waals surface area contributed by atoms with Gasteiger partial charge in [-0.25, -0.2) is 4.98 Å². The summed E-state index contributed by atoms with van der Waals surface area (Å²) in [5.41, 5.74) is 6.23. The normalized spacial score (nSPS) is 12.5. The van der Waals surface area contributed by atoms with Gasteiger partial charge in [-0.15, -0.1) is 0 Å². The molecular weight excluding hydrogens is 168 g/mol. The minimum absolute atomic E-state index is 0.0305. The molecule has 72 valence electrons. The minimum atomic E-state index is -0.136. The van der Waals surface area contributed by atoms with E-state index in [-0.39, 0.29) is 11.8 Å². The SMILES string of the molecule is CC(CN)C(=O)NCc1cnc[nH]1. The molecule has 0 bridgehead atoms. The Bertz CT molecular complexity index is 257. The van der Waals surface area contributed by atoms with Crippen LogP contribution < -0.4 is 11.1 Å². The summed E-state index contributed by atoms with van der Waals surface area (Å²) in [6.07, 6.45) is 3.25. The number of nitrogens with one attached hydrogen (secondary N) is 2. The fourth-order valence-corrected chi connectivity index (χ4v) is 0.845. The zero-order valence-electron chi connectivity index (χ0n) is 7.58. The molecule has 1 unspecified atom stereocenters. The lowest BCUT2D eigenvalue weighted by molar-refractivity contribution is -0.124. The van der Waals surface area contributed by atoms with Gasteiger partial charge in [-0.2, -0.15) is 0 Å². The molecule has 1 heterocycles. The molecule has 13 heavy (non-hydrogen) atoms. The van der Waals surface area contributed by atoms with Crippen LogP contribution in [-0.2, 0) is 11.3 Å². The summed E-state index contributed by atoms with van der Waals surface area (Å²) in [6, 6.07) is 0. The van der Waals surface area contributed by atoms with Gasteiger partial charge in [-0.3, -0.25) is 4.79 Å². The quantitative estimate of drug-likeness (QED) is 0.593. The number of hydrogen-bond acceptors (Lipinski definition) is 3. The van der Waals surface area contributed by atoms with E-state index >= 15 is 0 Å². The van der Waals surface area contributed by atoms with Crippen LogP contribution in [0.1, 0.15) is 12.6 Å². The molecule has 1 aromatic rings. The van der Waals surface area contributed by atoms with Crippen molar-refractivity contribution in [3.8, 4) is 0 Å². The van der Waals surface area contributed by atoms with Crippen molar-refractivity contribution >= 4 is 5.91 Å². The second-order valence-electron chi connectivity index (χ2n) is 2.93. The average Bonchev–Trinajstić information content (AvgIpc) is 2.65. The summed E-state index contributed by atoms with van der Waals surface area (Å²) in [6.45, 7) is 2.64. The van der Waals surface area contributed by atoms with E-state index in [1.54, 1.807) is 19.4 Å². The molecule has 0 aliphatic heterocycles. The summed E-state index contributed by atoms with van der Waals surface area (Å²) in [4.78, 5) is 18.0. The Morgan fingerprint density at radius 2 is 2.62 bits per heavy atom. The Kier molecular flexibility index (Phi) is 3.45. The van der Waals surface area contributed by atoms with Gasteiger partial charge in [0.1, 0.15) is 0 Å². The molecule has 1 amide bonds. The van der Waals surface area contributed by atoms with Crippen LogP contribution in [0.3, 0.4) is 0 Å². The van der Waals surface area contributed by atoms with Crippen molar-refractivity contribution in [1.29, 1.82) is 0 Å². The van der Waals surface area contributed by atoms with Crippen molar-refractivity contribution in [2.75, 3.05) is 6.54 Å². The third kappa shape index (κ3) is 2.87. The maximum atomic E-state index is 11.2. The van der Waals surface area contributed by atoms with Gasteiger partial charge in [0.25, 0.3) is 0 Å². The maximum Gasteiger partial charge on any atom is 0.224 e. The van der Waals surface area contributed by atoms with Gasteiger partial charge in [0, 0.05) is 18.7 Å². The van der Waals surface area contributed by atoms with Gasteiger partial charge in [-0.1, -0.05) is 6.92 Å². The Morgan fingerprint density at radius 3 is 3.15 bits per heavy atom. The molecule has 0 saturated heterocycles. The summed E-state index contributed by atoms with van der Waals surface area (Å²) >= 11 is 0. The van der Waals surface area contributed by atoms with E-state index in [9.17, 15) is 4.79 Å². The van der Waals surface area contributed by atoms with Crippen molar-refractivity contribution in [3.63, 3.8) is 0 Å². The van der Waals surface area contributed by atoms with E-state index in [1.807, 2.05) is 0 Å². The van der Waals surface area contributed by atoms with Crippen molar-refractivity contribution in [3.05, 3.63) is 18.2 Å². The Labute approximate surface area is 76.7 Å². The number of aromatic nitrogens is 2. The van der Waals surface area contributed by atoms with E-state index in [2.05, 4.69) is 15.3 Å². The highest BCUT2D eigenvalue weighted by Crippen LogP contribution is 1.93. The summed E-state index contributed by atoms with van der Waals surface area (Å²) in [5, 5.41) is 2.75. The molecule has 1 aromatic heterocycles. The second-order valence-corrected chi connectivity index (χ2v) is 2.93. The van der Waals surface area contributed by atoms with Gasteiger partial charge in [-0.05, 0) is 0 Å². The van der Waals surface area contributed by atoms with Crippen molar-refractivity contribution in [2.45, 2.75) is 13.5 Å². The molecule has 4 N–H and O–H groups in total. The highest BCUT2D eigenvalue weighted by molar-refractivity contribution is 5.78. The molecule has 0 saturated carbocycles. The van der Waals surface area contributed by atoms with E-state index < -0.39 is 0 Å². The van der Waals surface area contributed by atoms with Gasteiger partial charge >= 0.3 is 0 Å². The number of rotatable bonds is 4. The van der Waals surface area contributed by atoms with Crippen molar-refractivity contribution in [2.24, 2.45) is 11.7 Å². The molecule has 1 atom stereocenters. The number of nitrogens with two attached hydrogens (primary N) is 1. The van der Waals surface area contributed by atoms with Crippen LogP contribution in [-0.4, -0.2) is 22.4 Å². The molecule has 1 rings (SSSR count). The van der Waals surface area contributed by atoms with Crippen LogP contribution in [0.2, 0.25) is 0 Å². The van der Waals surface area contributed by atoms with E-state index in [0.717, 1.165) is 5.69 Å². The summed E-state index contributed by atoms with van der Waals surface area (Å²) in [5.74, 6) is -0.167. The Morgan fingerprint density at radius 1 is 1.85 bits per heavy atom. The Hall–Kier alpha value is -1.36. The third-order valence-corrected chi connectivity index (χ3v) is 1.81. The average molecular weight is 182 g/mol. The van der Waals surface area contributed by atoms with E-state index in [4.69, 9.17) is 5.73 Å². The topological polar surface area (TPSA) is 83.8 Å². The van der Waals surface area contributed by atoms with Crippen molar-refractivity contribution < 1.29 is 4.79 Å². The number of carbonyl (C=O) groups is 1. The van der Waals surface area contributed by atoms with Crippen molar-refractivity contribution in [1.82, 2.24) is 15.3 Å². The van der Waals surface area contributed by atoms with Gasteiger partial charge < -0.3 is 16.0 Å². The minimum Gasteiger partial charge on any atom is -0.350 e. The molecule has 5 heteroatoms. The van der Waals surface area contributed by atoms with Crippen LogP contribution >= 0.6 is 0 Å². The zero-order valence-corrected chi connectivity index (χ0v) is 7.58. The van der Waals surface area contributed by atoms with Crippen LogP contribution in [0.4, 0.5) is 0 Å². The number of aromatic amines is 1. The standard InChI is InChI=1S/C8H14N4O/c1-6(2-9)8(13)11-4-7-3-10-5-12-7/h3,5-6H,2,4,9H2,1H3,(H,10,12)(H,11,13). The highest BCUT2D eigenvalue weighted by Gasteiger charge is 2.09. The maximum absolute atomic E-state index is 11.2. The molecule has 0 fully saturated rings. The van der Waals surface area contributed by atoms with Crippen LogP contribution in [0, 0.1) is 5.92 Å². The van der Waals surface area contributed by atoms with Crippen LogP contribution in [0.15, 0.2) is 12.5 Å². The third-order valence-electron chi connectivity index (χ3n) is 1.81. The number of imidazole rings is 1. The lowest BCUT2D eigenvalue weighted by Crippen LogP contribution is -2.32. The van der Waals surface area contributed by atoms with E-state index in [1.165, 1.54) is 0 Å². The largest absolute Gasteiger partial charge is 0.350 e. The number of hydrogen-bond donors (Lipinski definition) is 3. The molecule has 0 aromatic carbocycles. The van der Waals surface area contributed by atoms with Gasteiger partial charge in [0.15, 0.2) is 0 Å². The smallest absolute Gasteiger partial charge is 0.224 e. The fraction of sp³-hybridized carbons (Fsp3) is 0.500. The molecule has 0 aliphatic carbocycles. The first-order chi connectivity index (χ1) is 6.24. The monoisotopic (exact) mass is 182 g/mol. The van der Waals surface area contributed by atoms with Gasteiger partial charge in [0.2, 0.25) is 5.91 Å². The Balaban J connectivity index is 2.31. The highest BCUT2D eigenvalue weighted by atomic mass is 16.1. The number of amides is 1. The lowest BCUT2D eigenvalue weighted by atomic mass is 10.2. The van der Waals surface area contributed by atoms with Crippen LogP contribution in [0.25, 0.3) is 0 Å². The first-order valence-electron chi connectivity index (χ1n) is 4.19. The fourth-order valence-electron chi connectivity index (χ4n) is 0.845. The van der Waals surface area contributed by atoms with Gasteiger partial charge in [0.05, 0.1) is 18.6 Å². The molecular formula is C8H14N4O. The number of H-pyrrole nitrogens is 1. The first-order valence-corrected chi connectivity index (χ1v) is 4.19. The first kappa shape index (κ1) is 9.73. The summed E-state index contributed by atoms with van der Waals surface area (Å²) < 4.78 is 0. The zero-order chi connectivity index (χ0) is 9.68. The van der Waals surface area contributed by atoms with E-state index in [0.29, 0.717) is 13.1 Å². The number of carbonyl (C=O) groups excluding carboxylic acids is 1. The second kappa shape index (κ2) is 4.61. The predicted molar refractivity (Wildman–Crippen MR) is 48.7 cm³/mol. The molecule has 5 nitrogen and oxygen atoms in total. The number of nitrogens with zero attached hydrogens (tertiary/aromatic N) is 1. The summed E-state index contributed by atoms with van der Waals surface area (Å²) in [7, 11) is 0. The molecule has 0 radical (unpaired) electrons. The molecule has 0 spiro atoms. The lowest BCUT2D eigenvalue weighted by Gasteiger charge is -2.08. The molecule has 0 aliphatic rings. The predicted octanol–water partition coefficient (Wildman–Crippen LogP) is -0.379. The van der Waals surface area contributed by atoms with Crippen LogP contribution in [0.5, 0.6) is 0 Å².